The molecular formula is C20H31N3O2. The Hall–Kier alpha value is -1.85. The molecule has 0 radical (unpaired) electrons. The SMILES string of the molecule is Cc1c(CN(CCCO)CC(C)(C)C)c(=O)n(-c2ccccc2)n1C. The molecule has 0 unspecified atom stereocenters. The van der Waals surface area contributed by atoms with Gasteiger partial charge in [-0.2, -0.15) is 0 Å². The Bertz CT molecular complexity index is 739. The summed E-state index contributed by atoms with van der Waals surface area (Å²) in [6.45, 7) is 11.0. The first-order valence-electron chi connectivity index (χ1n) is 8.90. The molecular weight excluding hydrogens is 314 g/mol. The predicted molar refractivity (Wildman–Crippen MR) is 102 cm³/mol. The second-order valence-corrected chi connectivity index (χ2v) is 7.89. The summed E-state index contributed by atoms with van der Waals surface area (Å²) in [5.41, 5.74) is 2.86. The van der Waals surface area contributed by atoms with Gasteiger partial charge in [0, 0.05) is 39.0 Å². The van der Waals surface area contributed by atoms with Crippen LogP contribution in [0.5, 0.6) is 0 Å². The van der Waals surface area contributed by atoms with Crippen LogP contribution in [0.3, 0.4) is 0 Å². The molecule has 5 nitrogen and oxygen atoms in total. The summed E-state index contributed by atoms with van der Waals surface area (Å²) in [6.07, 6.45) is 0.717. The maximum atomic E-state index is 13.1. The first kappa shape index (κ1) is 19.5. The Morgan fingerprint density at radius 1 is 1.16 bits per heavy atom. The quantitative estimate of drug-likeness (QED) is 0.839. The first-order valence-corrected chi connectivity index (χ1v) is 8.90. The van der Waals surface area contributed by atoms with Gasteiger partial charge in [-0.3, -0.25) is 14.4 Å². The fourth-order valence-electron chi connectivity index (χ4n) is 3.21. The average molecular weight is 345 g/mol. The molecule has 0 aliphatic rings. The summed E-state index contributed by atoms with van der Waals surface area (Å²) >= 11 is 0. The fourth-order valence-corrected chi connectivity index (χ4v) is 3.21. The molecule has 0 spiro atoms. The van der Waals surface area contributed by atoms with Crippen LogP contribution in [-0.2, 0) is 13.6 Å². The average Bonchev–Trinajstić information content (AvgIpc) is 2.75. The van der Waals surface area contributed by atoms with Gasteiger partial charge in [0.1, 0.15) is 0 Å². The molecule has 0 aliphatic carbocycles. The van der Waals surface area contributed by atoms with Gasteiger partial charge in [-0.1, -0.05) is 39.0 Å². The Labute approximate surface area is 150 Å². The second kappa shape index (κ2) is 8.02. The van der Waals surface area contributed by atoms with E-state index in [-0.39, 0.29) is 17.6 Å². The van der Waals surface area contributed by atoms with Crippen LogP contribution in [0.15, 0.2) is 35.1 Å². The summed E-state index contributed by atoms with van der Waals surface area (Å²) in [5, 5.41) is 9.19. The van der Waals surface area contributed by atoms with Crippen molar-refractivity contribution in [1.82, 2.24) is 14.3 Å². The van der Waals surface area contributed by atoms with Gasteiger partial charge in [0.05, 0.1) is 11.3 Å². The summed E-state index contributed by atoms with van der Waals surface area (Å²) in [5.74, 6) is 0. The Balaban J connectivity index is 2.36. The van der Waals surface area contributed by atoms with Crippen LogP contribution in [0, 0.1) is 12.3 Å². The number of benzene rings is 1. The highest BCUT2D eigenvalue weighted by molar-refractivity contribution is 5.33. The highest BCUT2D eigenvalue weighted by Gasteiger charge is 2.21. The summed E-state index contributed by atoms with van der Waals surface area (Å²) < 4.78 is 3.65. The number of rotatable bonds is 7. The number of hydrogen-bond donors (Lipinski definition) is 1. The minimum atomic E-state index is 0.0362. The molecule has 2 aromatic rings. The minimum Gasteiger partial charge on any atom is -0.396 e. The molecule has 0 saturated heterocycles. The van der Waals surface area contributed by atoms with E-state index in [2.05, 4.69) is 25.7 Å². The lowest BCUT2D eigenvalue weighted by Crippen LogP contribution is -2.35. The Morgan fingerprint density at radius 3 is 2.36 bits per heavy atom. The van der Waals surface area contributed by atoms with Gasteiger partial charge >= 0.3 is 0 Å². The molecule has 0 aliphatic heterocycles. The van der Waals surface area contributed by atoms with Gasteiger partial charge in [-0.15, -0.1) is 0 Å². The van der Waals surface area contributed by atoms with E-state index < -0.39 is 0 Å². The smallest absolute Gasteiger partial charge is 0.276 e. The molecule has 1 aromatic carbocycles. The van der Waals surface area contributed by atoms with Crippen LogP contribution >= 0.6 is 0 Å². The summed E-state index contributed by atoms with van der Waals surface area (Å²) in [6, 6.07) is 9.73. The zero-order valence-corrected chi connectivity index (χ0v) is 16.1. The highest BCUT2D eigenvalue weighted by atomic mass is 16.3. The fraction of sp³-hybridized carbons (Fsp3) is 0.550. The standard InChI is InChI=1S/C20H31N3O2/c1-16-18(14-22(12-9-13-24)15-20(2,3)4)19(25)23(21(16)5)17-10-7-6-8-11-17/h6-8,10-11,24H,9,12-15H2,1-5H3. The van der Waals surface area contributed by atoms with Crippen molar-refractivity contribution in [3.8, 4) is 5.69 Å². The van der Waals surface area contributed by atoms with E-state index in [0.29, 0.717) is 6.54 Å². The lowest BCUT2D eigenvalue weighted by atomic mass is 9.95. The largest absolute Gasteiger partial charge is 0.396 e. The molecule has 5 heteroatoms. The first-order chi connectivity index (χ1) is 11.7. The van der Waals surface area contributed by atoms with Crippen LogP contribution in [0.25, 0.3) is 5.69 Å². The van der Waals surface area contributed by atoms with E-state index in [1.165, 1.54) is 0 Å². The zero-order valence-electron chi connectivity index (χ0n) is 16.1. The van der Waals surface area contributed by atoms with Crippen molar-refractivity contribution in [1.29, 1.82) is 0 Å². The molecule has 138 valence electrons. The molecule has 0 bridgehead atoms. The van der Waals surface area contributed by atoms with Crippen LogP contribution < -0.4 is 5.56 Å². The van der Waals surface area contributed by atoms with E-state index in [4.69, 9.17) is 0 Å². The van der Waals surface area contributed by atoms with Gasteiger partial charge in [0.2, 0.25) is 0 Å². The molecule has 0 atom stereocenters. The third-order valence-electron chi connectivity index (χ3n) is 4.39. The van der Waals surface area contributed by atoms with Gasteiger partial charge < -0.3 is 5.11 Å². The molecule has 1 heterocycles. The normalized spacial score (nSPS) is 12.1. The third-order valence-corrected chi connectivity index (χ3v) is 4.39. The van der Waals surface area contributed by atoms with Crippen molar-refractivity contribution in [2.45, 2.75) is 40.7 Å². The topological polar surface area (TPSA) is 50.4 Å². The van der Waals surface area contributed by atoms with E-state index in [9.17, 15) is 9.90 Å². The summed E-state index contributed by atoms with van der Waals surface area (Å²) in [4.78, 5) is 15.3. The van der Waals surface area contributed by atoms with Crippen LogP contribution in [0.1, 0.15) is 38.4 Å². The Kier molecular flexibility index (Phi) is 6.25. The number of aromatic nitrogens is 2. The molecule has 0 saturated carbocycles. The molecule has 0 amide bonds. The Morgan fingerprint density at radius 2 is 1.80 bits per heavy atom. The second-order valence-electron chi connectivity index (χ2n) is 7.89. The van der Waals surface area contributed by atoms with E-state index in [0.717, 1.165) is 36.5 Å². The minimum absolute atomic E-state index is 0.0362. The predicted octanol–water partition coefficient (Wildman–Crippen LogP) is 2.71. The third kappa shape index (κ3) is 4.83. The van der Waals surface area contributed by atoms with E-state index in [1.54, 1.807) is 4.68 Å². The maximum absolute atomic E-state index is 13.1. The van der Waals surface area contributed by atoms with Crippen LogP contribution in [0.2, 0.25) is 0 Å². The van der Waals surface area contributed by atoms with Gasteiger partial charge in [0.25, 0.3) is 5.56 Å². The van der Waals surface area contributed by atoms with Crippen molar-refractivity contribution in [3.63, 3.8) is 0 Å². The molecule has 1 N–H and O–H groups in total. The van der Waals surface area contributed by atoms with E-state index >= 15 is 0 Å². The number of aliphatic hydroxyl groups excluding tert-OH is 1. The lowest BCUT2D eigenvalue weighted by molar-refractivity contribution is 0.165. The van der Waals surface area contributed by atoms with Crippen molar-refractivity contribution in [2.24, 2.45) is 12.5 Å². The van der Waals surface area contributed by atoms with Crippen molar-refractivity contribution in [2.75, 3.05) is 19.7 Å². The van der Waals surface area contributed by atoms with E-state index in [1.807, 2.05) is 49.0 Å². The van der Waals surface area contributed by atoms with Gasteiger partial charge in [-0.25, -0.2) is 4.68 Å². The molecule has 1 aromatic heterocycles. The molecule has 0 fully saturated rings. The van der Waals surface area contributed by atoms with Crippen molar-refractivity contribution in [3.05, 3.63) is 51.9 Å². The number of aliphatic hydroxyl groups is 1. The highest BCUT2D eigenvalue weighted by Crippen LogP contribution is 2.18. The maximum Gasteiger partial charge on any atom is 0.276 e. The van der Waals surface area contributed by atoms with Gasteiger partial charge in [-0.05, 0) is 30.9 Å². The van der Waals surface area contributed by atoms with Gasteiger partial charge in [0.15, 0.2) is 0 Å². The van der Waals surface area contributed by atoms with Crippen LogP contribution in [0.4, 0.5) is 0 Å². The number of hydrogen-bond acceptors (Lipinski definition) is 3. The van der Waals surface area contributed by atoms with Crippen molar-refractivity contribution >= 4 is 0 Å². The zero-order chi connectivity index (χ0) is 18.6. The lowest BCUT2D eigenvalue weighted by Gasteiger charge is -2.29. The number of para-hydroxylation sites is 1. The monoisotopic (exact) mass is 345 g/mol. The van der Waals surface area contributed by atoms with Crippen LogP contribution in [-0.4, -0.2) is 39.1 Å². The number of nitrogens with zero attached hydrogens (tertiary/aromatic N) is 3. The molecule has 25 heavy (non-hydrogen) atoms. The molecule has 2 rings (SSSR count). The summed E-state index contributed by atoms with van der Waals surface area (Å²) in [7, 11) is 1.93. The van der Waals surface area contributed by atoms with Crippen molar-refractivity contribution < 1.29 is 5.11 Å².